The van der Waals surface area contributed by atoms with Crippen LogP contribution in [0.4, 0.5) is 5.82 Å². The lowest BCUT2D eigenvalue weighted by Gasteiger charge is -2.28. The molecule has 16 heavy (non-hydrogen) atoms. The number of hydrogen-bond donors (Lipinski definition) is 0. The number of nitrogens with zero attached hydrogens (tertiary/aromatic N) is 3. The van der Waals surface area contributed by atoms with Crippen molar-refractivity contribution in [2.24, 2.45) is 0 Å². The van der Waals surface area contributed by atoms with Crippen molar-refractivity contribution in [3.8, 4) is 0 Å². The second-order valence-corrected chi connectivity index (χ2v) is 5.23. The highest BCUT2D eigenvalue weighted by molar-refractivity contribution is 7.16. The van der Waals surface area contributed by atoms with Crippen LogP contribution in [0.2, 0.25) is 0 Å². The first-order valence-electron chi connectivity index (χ1n) is 5.48. The van der Waals surface area contributed by atoms with Gasteiger partial charge < -0.3 is 9.64 Å². The van der Waals surface area contributed by atoms with Crippen molar-refractivity contribution in [2.45, 2.75) is 18.6 Å². The monoisotopic (exact) mass is 233 g/mol. The lowest BCUT2D eigenvalue weighted by molar-refractivity contribution is 0.0990. The van der Waals surface area contributed by atoms with E-state index in [0.717, 1.165) is 30.2 Å². The number of anilines is 1. The molecular formula is C11H11N3OS. The fourth-order valence-electron chi connectivity index (χ4n) is 2.66. The van der Waals surface area contributed by atoms with E-state index in [9.17, 15) is 0 Å². The van der Waals surface area contributed by atoms with E-state index < -0.39 is 0 Å². The molecule has 0 radical (unpaired) electrons. The highest BCUT2D eigenvalue weighted by Crippen LogP contribution is 2.35. The number of thiophene rings is 1. The summed E-state index contributed by atoms with van der Waals surface area (Å²) in [5, 5.41) is 3.26. The first-order chi connectivity index (χ1) is 7.92. The maximum absolute atomic E-state index is 5.61. The zero-order valence-electron chi connectivity index (χ0n) is 8.67. The third kappa shape index (κ3) is 1.13. The Bertz CT molecular complexity index is 541. The highest BCUT2D eigenvalue weighted by atomic mass is 32.1. The molecule has 2 atom stereocenters. The van der Waals surface area contributed by atoms with Gasteiger partial charge in [0.2, 0.25) is 0 Å². The predicted molar refractivity (Wildman–Crippen MR) is 62.9 cm³/mol. The average molecular weight is 233 g/mol. The van der Waals surface area contributed by atoms with Gasteiger partial charge in [0.25, 0.3) is 0 Å². The lowest BCUT2D eigenvalue weighted by atomic mass is 10.2. The molecule has 4 nitrogen and oxygen atoms in total. The largest absolute Gasteiger partial charge is 0.374 e. The van der Waals surface area contributed by atoms with Gasteiger partial charge in [-0.2, -0.15) is 0 Å². The summed E-state index contributed by atoms with van der Waals surface area (Å²) < 4.78 is 5.61. The van der Waals surface area contributed by atoms with Crippen LogP contribution < -0.4 is 4.90 Å². The van der Waals surface area contributed by atoms with Crippen molar-refractivity contribution in [1.82, 2.24) is 9.97 Å². The summed E-state index contributed by atoms with van der Waals surface area (Å²) in [4.78, 5) is 12.2. The third-order valence-corrected chi connectivity index (χ3v) is 4.23. The van der Waals surface area contributed by atoms with E-state index >= 15 is 0 Å². The van der Waals surface area contributed by atoms with Crippen LogP contribution in [0.15, 0.2) is 17.8 Å². The highest BCUT2D eigenvalue weighted by Gasteiger charge is 2.40. The molecule has 4 heterocycles. The molecule has 0 N–H and O–H groups in total. The van der Waals surface area contributed by atoms with Gasteiger partial charge in [-0.1, -0.05) is 0 Å². The number of ether oxygens (including phenoxy) is 1. The molecule has 2 aromatic heterocycles. The van der Waals surface area contributed by atoms with Gasteiger partial charge in [-0.3, -0.25) is 0 Å². The van der Waals surface area contributed by atoms with Crippen LogP contribution in [0.25, 0.3) is 10.2 Å². The molecule has 0 spiro atoms. The van der Waals surface area contributed by atoms with Crippen molar-refractivity contribution in [2.75, 3.05) is 18.1 Å². The maximum Gasteiger partial charge on any atom is 0.141 e. The summed E-state index contributed by atoms with van der Waals surface area (Å²) in [6, 6.07) is 2.63. The molecule has 0 saturated carbocycles. The molecule has 82 valence electrons. The second kappa shape index (κ2) is 3.15. The van der Waals surface area contributed by atoms with Crippen molar-refractivity contribution in [3.05, 3.63) is 17.8 Å². The van der Waals surface area contributed by atoms with E-state index in [1.165, 1.54) is 5.39 Å². The molecule has 4 rings (SSSR count). The van der Waals surface area contributed by atoms with Gasteiger partial charge in [-0.15, -0.1) is 11.3 Å². The summed E-state index contributed by atoms with van der Waals surface area (Å²) in [6.07, 6.45) is 3.23. The Morgan fingerprint density at radius 1 is 1.44 bits per heavy atom. The van der Waals surface area contributed by atoms with E-state index in [4.69, 9.17) is 4.74 Å². The van der Waals surface area contributed by atoms with Gasteiger partial charge in [-0.25, -0.2) is 9.97 Å². The smallest absolute Gasteiger partial charge is 0.141 e. The molecule has 0 amide bonds. The molecule has 0 aromatic carbocycles. The topological polar surface area (TPSA) is 38.2 Å². The molecule has 2 unspecified atom stereocenters. The molecule has 2 aliphatic rings. The van der Waals surface area contributed by atoms with Crippen molar-refractivity contribution < 1.29 is 4.74 Å². The summed E-state index contributed by atoms with van der Waals surface area (Å²) in [5.74, 6) is 1.09. The molecule has 2 saturated heterocycles. The second-order valence-electron chi connectivity index (χ2n) is 4.33. The first-order valence-corrected chi connectivity index (χ1v) is 6.36. The van der Waals surface area contributed by atoms with E-state index in [-0.39, 0.29) is 0 Å². The fourth-order valence-corrected chi connectivity index (χ4v) is 3.39. The Morgan fingerprint density at radius 2 is 2.44 bits per heavy atom. The van der Waals surface area contributed by atoms with Crippen LogP contribution in [0.1, 0.15) is 6.42 Å². The van der Waals surface area contributed by atoms with Gasteiger partial charge in [0, 0.05) is 6.54 Å². The molecule has 2 fully saturated rings. The van der Waals surface area contributed by atoms with Crippen LogP contribution in [0, 0.1) is 0 Å². The van der Waals surface area contributed by atoms with E-state index in [1.807, 2.05) is 0 Å². The Hall–Kier alpha value is -1.20. The summed E-state index contributed by atoms with van der Waals surface area (Å²) in [7, 11) is 0. The number of fused-ring (bicyclic) bond motifs is 3. The normalized spacial score (nSPS) is 28.1. The van der Waals surface area contributed by atoms with Gasteiger partial charge in [0.1, 0.15) is 17.0 Å². The predicted octanol–water partition coefficient (Wildman–Crippen LogP) is 1.67. The fraction of sp³-hybridized carbons (Fsp3) is 0.455. The summed E-state index contributed by atoms with van der Waals surface area (Å²) >= 11 is 1.67. The van der Waals surface area contributed by atoms with Gasteiger partial charge in [-0.05, 0) is 17.9 Å². The molecule has 0 aliphatic carbocycles. The molecule has 2 aromatic rings. The minimum absolute atomic E-state index is 0.411. The van der Waals surface area contributed by atoms with E-state index in [0.29, 0.717) is 12.1 Å². The first kappa shape index (κ1) is 8.90. The van der Waals surface area contributed by atoms with Crippen LogP contribution in [-0.4, -0.2) is 35.3 Å². The summed E-state index contributed by atoms with van der Waals surface area (Å²) in [5.41, 5.74) is 0. The van der Waals surface area contributed by atoms with Crippen molar-refractivity contribution in [1.29, 1.82) is 0 Å². The Labute approximate surface area is 96.9 Å². The Kier molecular flexibility index (Phi) is 1.75. The number of aromatic nitrogens is 2. The van der Waals surface area contributed by atoms with Gasteiger partial charge in [0.05, 0.1) is 24.1 Å². The Morgan fingerprint density at radius 3 is 3.25 bits per heavy atom. The third-order valence-electron chi connectivity index (χ3n) is 3.41. The van der Waals surface area contributed by atoms with Crippen LogP contribution in [-0.2, 0) is 4.74 Å². The van der Waals surface area contributed by atoms with E-state index in [2.05, 4.69) is 26.3 Å². The van der Waals surface area contributed by atoms with Crippen molar-refractivity contribution in [3.63, 3.8) is 0 Å². The molecule has 2 aliphatic heterocycles. The maximum atomic E-state index is 5.61. The molecule has 2 bridgehead atoms. The standard InChI is InChI=1S/C11H11N3OS/c1-2-16-11-9(1)10(12-6-13-11)14-4-8-3-7(14)5-15-8/h1-2,6-8H,3-5H2. The van der Waals surface area contributed by atoms with Gasteiger partial charge >= 0.3 is 0 Å². The number of morpholine rings is 1. The van der Waals surface area contributed by atoms with Crippen LogP contribution in [0.5, 0.6) is 0 Å². The van der Waals surface area contributed by atoms with Crippen LogP contribution in [0.3, 0.4) is 0 Å². The molecular weight excluding hydrogens is 222 g/mol. The zero-order chi connectivity index (χ0) is 10.5. The van der Waals surface area contributed by atoms with Crippen molar-refractivity contribution >= 4 is 27.4 Å². The molecule has 5 heteroatoms. The average Bonchev–Trinajstić information content (AvgIpc) is 3.03. The van der Waals surface area contributed by atoms with E-state index in [1.54, 1.807) is 17.7 Å². The zero-order valence-corrected chi connectivity index (χ0v) is 9.48. The minimum atomic E-state index is 0.411. The number of hydrogen-bond acceptors (Lipinski definition) is 5. The number of rotatable bonds is 1. The SMILES string of the molecule is c1nc(N2CC3CC2CO3)c2ccsc2n1. The Balaban J connectivity index is 1.84. The van der Waals surface area contributed by atoms with Gasteiger partial charge in [0.15, 0.2) is 0 Å². The van der Waals surface area contributed by atoms with Crippen LogP contribution >= 0.6 is 11.3 Å². The minimum Gasteiger partial charge on any atom is -0.374 e. The quantitative estimate of drug-likeness (QED) is 0.751. The summed E-state index contributed by atoms with van der Waals surface area (Å²) in [6.45, 7) is 1.83. The lowest BCUT2D eigenvalue weighted by Crippen LogP contribution is -2.37.